The topological polar surface area (TPSA) is 88.1 Å². The highest BCUT2D eigenvalue weighted by Gasteiger charge is 2.64. The van der Waals surface area contributed by atoms with Crippen molar-refractivity contribution in [3.8, 4) is 0 Å². The van der Waals surface area contributed by atoms with Crippen LogP contribution in [0.2, 0.25) is 0 Å². The van der Waals surface area contributed by atoms with Crippen molar-refractivity contribution in [2.75, 3.05) is 13.7 Å². The SMILES string of the molecule is C=C(C)[C@H]1CC/C(C)=C/C/C=C(/C)[C@H](OC(=O)[C@@](OC)(c2ccccc2)C(F)(F)F)CC/C(COC(C)=O)=C\[C@@H]1OC(C)=O. The van der Waals surface area contributed by atoms with E-state index in [0.717, 1.165) is 30.4 Å². The monoisotopic (exact) mass is 620 g/mol. The summed E-state index contributed by atoms with van der Waals surface area (Å²) in [5, 5.41) is 0. The largest absolute Gasteiger partial charge is 0.461 e. The van der Waals surface area contributed by atoms with E-state index in [2.05, 4.69) is 6.58 Å². The van der Waals surface area contributed by atoms with Crippen molar-refractivity contribution in [2.45, 2.75) is 90.7 Å². The molecule has 1 aliphatic rings. The van der Waals surface area contributed by atoms with Gasteiger partial charge in [0.1, 0.15) is 18.8 Å². The molecule has 242 valence electrons. The minimum absolute atomic E-state index is 0.0564. The van der Waals surface area contributed by atoms with Gasteiger partial charge in [-0.2, -0.15) is 13.2 Å². The van der Waals surface area contributed by atoms with Gasteiger partial charge in [-0.25, -0.2) is 4.79 Å². The first-order valence-corrected chi connectivity index (χ1v) is 14.5. The molecule has 0 bridgehead atoms. The van der Waals surface area contributed by atoms with Crippen LogP contribution in [0.15, 0.2) is 77.4 Å². The van der Waals surface area contributed by atoms with Gasteiger partial charge in [-0.3, -0.25) is 9.59 Å². The molecular formula is C34H43F3O7. The third-order valence-electron chi connectivity index (χ3n) is 7.61. The van der Waals surface area contributed by atoms with Crippen LogP contribution in [0, 0.1) is 5.92 Å². The third-order valence-corrected chi connectivity index (χ3v) is 7.61. The Morgan fingerprint density at radius 1 is 0.932 bits per heavy atom. The number of allylic oxidation sites excluding steroid dienone is 3. The summed E-state index contributed by atoms with van der Waals surface area (Å²) in [4.78, 5) is 37.3. The smallest absolute Gasteiger partial charge is 0.432 e. The molecule has 4 atom stereocenters. The van der Waals surface area contributed by atoms with Gasteiger partial charge in [0.05, 0.1) is 0 Å². The maximum absolute atomic E-state index is 14.6. The summed E-state index contributed by atoms with van der Waals surface area (Å²) >= 11 is 0. The molecule has 1 aliphatic carbocycles. The zero-order valence-corrected chi connectivity index (χ0v) is 26.3. The van der Waals surface area contributed by atoms with Crippen LogP contribution < -0.4 is 0 Å². The Labute approximate surface area is 257 Å². The summed E-state index contributed by atoms with van der Waals surface area (Å²) in [6, 6.07) is 6.62. The van der Waals surface area contributed by atoms with Gasteiger partial charge in [-0.15, -0.1) is 0 Å². The van der Waals surface area contributed by atoms with Crippen LogP contribution in [-0.4, -0.2) is 50.0 Å². The number of methoxy groups -OCH3 is 1. The second-order valence-electron chi connectivity index (χ2n) is 11.1. The van der Waals surface area contributed by atoms with Crippen LogP contribution in [0.3, 0.4) is 0 Å². The average molecular weight is 621 g/mol. The lowest BCUT2D eigenvalue weighted by Crippen LogP contribution is -2.52. The number of alkyl halides is 3. The molecular weight excluding hydrogens is 577 g/mol. The number of benzene rings is 1. The van der Waals surface area contributed by atoms with Crippen molar-refractivity contribution in [1.82, 2.24) is 0 Å². The quantitative estimate of drug-likeness (QED) is 0.169. The highest BCUT2D eigenvalue weighted by Crippen LogP contribution is 2.43. The van der Waals surface area contributed by atoms with E-state index in [1.807, 2.05) is 26.0 Å². The first-order valence-electron chi connectivity index (χ1n) is 14.5. The van der Waals surface area contributed by atoms with Gasteiger partial charge < -0.3 is 18.9 Å². The Bertz CT molecular complexity index is 1260. The Morgan fingerprint density at radius 3 is 2.14 bits per heavy atom. The molecule has 0 unspecified atom stereocenters. The molecule has 0 saturated carbocycles. The molecule has 7 nitrogen and oxygen atoms in total. The van der Waals surface area contributed by atoms with Gasteiger partial charge in [0.2, 0.25) is 0 Å². The van der Waals surface area contributed by atoms with Crippen LogP contribution in [0.1, 0.15) is 72.3 Å². The Morgan fingerprint density at radius 2 is 1.59 bits per heavy atom. The Kier molecular flexibility index (Phi) is 13.6. The summed E-state index contributed by atoms with van der Waals surface area (Å²) in [6.07, 6.45) is 0.553. The van der Waals surface area contributed by atoms with E-state index >= 15 is 0 Å². The number of rotatable bonds is 8. The normalized spacial score (nSPS) is 25.3. The number of esters is 3. The fourth-order valence-corrected chi connectivity index (χ4v) is 5.10. The predicted molar refractivity (Wildman–Crippen MR) is 160 cm³/mol. The van der Waals surface area contributed by atoms with E-state index in [9.17, 15) is 27.6 Å². The van der Waals surface area contributed by atoms with E-state index in [-0.39, 0.29) is 25.4 Å². The minimum Gasteiger partial charge on any atom is -0.461 e. The van der Waals surface area contributed by atoms with Crippen molar-refractivity contribution >= 4 is 17.9 Å². The summed E-state index contributed by atoms with van der Waals surface area (Å²) in [5.41, 5.74) is -0.820. The molecule has 0 aliphatic heterocycles. The maximum Gasteiger partial charge on any atom is 0.432 e. The lowest BCUT2D eigenvalue weighted by Gasteiger charge is -2.34. The molecule has 1 aromatic carbocycles. The van der Waals surface area contributed by atoms with Crippen LogP contribution in [0.5, 0.6) is 0 Å². The number of halogens is 3. The van der Waals surface area contributed by atoms with Crippen LogP contribution in [-0.2, 0) is 38.9 Å². The first-order chi connectivity index (χ1) is 20.6. The zero-order chi connectivity index (χ0) is 33.1. The molecule has 0 radical (unpaired) electrons. The molecule has 0 saturated heterocycles. The van der Waals surface area contributed by atoms with Crippen molar-refractivity contribution in [1.29, 1.82) is 0 Å². The second-order valence-corrected chi connectivity index (χ2v) is 11.1. The molecule has 0 amide bonds. The van der Waals surface area contributed by atoms with Gasteiger partial charge in [0, 0.05) is 32.4 Å². The molecule has 1 aromatic rings. The van der Waals surface area contributed by atoms with Gasteiger partial charge in [0.25, 0.3) is 5.60 Å². The molecule has 0 heterocycles. The van der Waals surface area contributed by atoms with E-state index in [0.29, 0.717) is 30.4 Å². The maximum atomic E-state index is 14.6. The van der Waals surface area contributed by atoms with Gasteiger partial charge in [-0.1, -0.05) is 60.2 Å². The molecule has 0 spiro atoms. The number of ether oxygens (including phenoxy) is 4. The van der Waals surface area contributed by atoms with Crippen LogP contribution in [0.25, 0.3) is 0 Å². The number of carbonyl (C=O) groups excluding carboxylic acids is 3. The first kappa shape index (κ1) is 36.5. The predicted octanol–water partition coefficient (Wildman–Crippen LogP) is 7.47. The van der Waals surface area contributed by atoms with E-state index in [4.69, 9.17) is 18.9 Å². The zero-order valence-electron chi connectivity index (χ0n) is 26.3. The van der Waals surface area contributed by atoms with Gasteiger partial charge in [0.15, 0.2) is 0 Å². The third kappa shape index (κ3) is 9.94. The average Bonchev–Trinajstić information content (AvgIpc) is 2.93. The van der Waals surface area contributed by atoms with Gasteiger partial charge >= 0.3 is 24.1 Å². The summed E-state index contributed by atoms with van der Waals surface area (Å²) in [7, 11) is 0.818. The minimum atomic E-state index is -5.13. The number of carbonyl (C=O) groups is 3. The van der Waals surface area contributed by atoms with Crippen LogP contribution >= 0.6 is 0 Å². The summed E-state index contributed by atoms with van der Waals surface area (Å²) in [6.45, 7) is 12.0. The molecule has 0 fully saturated rings. The molecule has 10 heteroatoms. The standard InChI is InChI=1S/C34H43F3O7/c1-22(2)29-18-16-23(3)12-11-13-24(4)30(19-17-27(21-42-25(5)38)20-31(29)43-26(6)39)44-32(40)33(41-7,34(35,36)37)28-14-9-8-10-15-28/h8-10,12-15,20,29-31H,1,11,16-19,21H2,2-7H3/b23-12+,24-13-,27-20+/t29-,30-,31+,33+/m1/s1. The summed E-state index contributed by atoms with van der Waals surface area (Å²) in [5.74, 6) is -2.89. The van der Waals surface area contributed by atoms with Crippen molar-refractivity contribution < 1.29 is 46.5 Å². The Hall–Kier alpha value is -3.66. The molecule has 2 rings (SSSR count). The lowest BCUT2D eigenvalue weighted by molar-refractivity contribution is -0.277. The second kappa shape index (κ2) is 16.4. The van der Waals surface area contributed by atoms with Crippen molar-refractivity contribution in [3.05, 3.63) is 83.0 Å². The van der Waals surface area contributed by atoms with Crippen LogP contribution in [0.4, 0.5) is 13.2 Å². The summed E-state index contributed by atoms with van der Waals surface area (Å²) < 4.78 is 65.3. The highest BCUT2D eigenvalue weighted by atomic mass is 19.4. The van der Waals surface area contributed by atoms with E-state index in [1.165, 1.54) is 32.0 Å². The molecule has 44 heavy (non-hydrogen) atoms. The van der Waals surface area contributed by atoms with Gasteiger partial charge in [-0.05, 0) is 70.1 Å². The van der Waals surface area contributed by atoms with Crippen molar-refractivity contribution in [3.63, 3.8) is 0 Å². The number of hydrogen-bond acceptors (Lipinski definition) is 7. The van der Waals surface area contributed by atoms with E-state index < -0.39 is 47.5 Å². The molecule has 0 N–H and O–H groups in total. The number of hydrogen-bond donors (Lipinski definition) is 0. The Balaban J connectivity index is 2.61. The fraction of sp³-hybridized carbons (Fsp3) is 0.500. The molecule has 0 aromatic heterocycles. The highest BCUT2D eigenvalue weighted by molar-refractivity contribution is 5.83. The lowest BCUT2D eigenvalue weighted by atomic mass is 9.87. The fourth-order valence-electron chi connectivity index (χ4n) is 5.10. The van der Waals surface area contributed by atoms with Crippen molar-refractivity contribution in [2.24, 2.45) is 5.92 Å². The van der Waals surface area contributed by atoms with E-state index in [1.54, 1.807) is 13.0 Å².